The van der Waals surface area contributed by atoms with Gasteiger partial charge in [0.25, 0.3) is 0 Å². The number of carbonyl (C=O) groups is 1. The first-order valence-electron chi connectivity index (χ1n) is 11.1. The monoisotopic (exact) mass is 498 g/mol. The number of nitriles is 1. The van der Waals surface area contributed by atoms with Gasteiger partial charge in [0.1, 0.15) is 0 Å². The normalized spacial score (nSPS) is 14.4. The number of amides is 1. The Labute approximate surface area is 206 Å². The van der Waals surface area contributed by atoms with Crippen molar-refractivity contribution in [1.82, 2.24) is 14.1 Å². The van der Waals surface area contributed by atoms with Crippen LogP contribution in [0.25, 0.3) is 0 Å². The number of carbonyl (C=O) groups excluding carboxylic acids is 1. The highest BCUT2D eigenvalue weighted by molar-refractivity contribution is 7.89. The highest BCUT2D eigenvalue weighted by atomic mass is 32.2. The van der Waals surface area contributed by atoms with E-state index in [9.17, 15) is 13.2 Å². The maximum atomic E-state index is 13.1. The van der Waals surface area contributed by atoms with Crippen molar-refractivity contribution in [3.63, 3.8) is 0 Å². The summed E-state index contributed by atoms with van der Waals surface area (Å²) >= 11 is 0. The summed E-state index contributed by atoms with van der Waals surface area (Å²) < 4.78 is 38.1. The van der Waals surface area contributed by atoms with Gasteiger partial charge in [-0.1, -0.05) is 18.2 Å². The van der Waals surface area contributed by atoms with Crippen LogP contribution >= 0.6 is 0 Å². The summed E-state index contributed by atoms with van der Waals surface area (Å²) in [5.41, 5.74) is 1.50. The zero-order valence-corrected chi connectivity index (χ0v) is 20.8. The van der Waals surface area contributed by atoms with Crippen molar-refractivity contribution in [2.24, 2.45) is 0 Å². The molecule has 2 aromatic rings. The van der Waals surface area contributed by atoms with Gasteiger partial charge >= 0.3 is 0 Å². The van der Waals surface area contributed by atoms with E-state index in [1.165, 1.54) is 30.7 Å². The molecule has 0 aliphatic carbocycles. The fourth-order valence-electron chi connectivity index (χ4n) is 3.96. The standard InChI is InChI=1S/C25H30N4O5S/c1-4-10-27(18-21-7-5-6-20(15-21)17-26)19-25(30)28-11-13-29(14-12-28)35(31,32)22-8-9-23(33-2)24(16-22)34-3/h4-9,15-16H,1,10-14,18-19H2,2-3H3. The van der Waals surface area contributed by atoms with Crippen LogP contribution in [0.5, 0.6) is 11.5 Å². The smallest absolute Gasteiger partial charge is 0.243 e. The number of hydrogen-bond acceptors (Lipinski definition) is 7. The molecule has 1 fully saturated rings. The van der Waals surface area contributed by atoms with Crippen molar-refractivity contribution in [3.05, 3.63) is 66.2 Å². The van der Waals surface area contributed by atoms with Gasteiger partial charge in [0.05, 0.1) is 37.3 Å². The summed E-state index contributed by atoms with van der Waals surface area (Å²) in [5.74, 6) is 0.710. The van der Waals surface area contributed by atoms with Crippen molar-refractivity contribution in [1.29, 1.82) is 5.26 Å². The molecule has 9 nitrogen and oxygen atoms in total. The van der Waals surface area contributed by atoms with Crippen LogP contribution in [0.4, 0.5) is 0 Å². The predicted octanol–water partition coefficient (Wildman–Crippen LogP) is 2.10. The zero-order valence-electron chi connectivity index (χ0n) is 20.0. The lowest BCUT2D eigenvalue weighted by Crippen LogP contribution is -2.52. The molecular formula is C25H30N4O5S. The van der Waals surface area contributed by atoms with Gasteiger partial charge in [-0.2, -0.15) is 9.57 Å². The first-order chi connectivity index (χ1) is 16.8. The molecule has 1 amide bonds. The van der Waals surface area contributed by atoms with Gasteiger partial charge in [0.2, 0.25) is 15.9 Å². The van der Waals surface area contributed by atoms with Crippen LogP contribution in [0.1, 0.15) is 11.1 Å². The predicted molar refractivity (Wildman–Crippen MR) is 132 cm³/mol. The van der Waals surface area contributed by atoms with Crippen LogP contribution in [0.15, 0.2) is 60.0 Å². The van der Waals surface area contributed by atoms with Crippen LogP contribution in [-0.2, 0) is 21.4 Å². The summed E-state index contributed by atoms with van der Waals surface area (Å²) in [6.45, 7) is 5.97. The number of benzene rings is 2. The number of rotatable bonds is 10. The second-order valence-electron chi connectivity index (χ2n) is 8.07. The Morgan fingerprint density at radius 2 is 1.83 bits per heavy atom. The van der Waals surface area contributed by atoms with Gasteiger partial charge < -0.3 is 14.4 Å². The molecule has 186 valence electrons. The van der Waals surface area contributed by atoms with Crippen LogP contribution in [-0.4, -0.2) is 81.9 Å². The van der Waals surface area contributed by atoms with Crippen LogP contribution in [0.2, 0.25) is 0 Å². The molecule has 1 heterocycles. The number of methoxy groups -OCH3 is 2. The quantitative estimate of drug-likeness (QED) is 0.462. The zero-order chi connectivity index (χ0) is 25.4. The molecule has 0 N–H and O–H groups in total. The summed E-state index contributed by atoms with van der Waals surface area (Å²) in [4.78, 5) is 16.7. The maximum Gasteiger partial charge on any atom is 0.243 e. The summed E-state index contributed by atoms with van der Waals surface area (Å²) in [6, 6.07) is 13.9. The summed E-state index contributed by atoms with van der Waals surface area (Å²) in [7, 11) is -0.797. The molecule has 1 aliphatic rings. The molecule has 10 heteroatoms. The van der Waals surface area contributed by atoms with E-state index in [4.69, 9.17) is 14.7 Å². The summed E-state index contributed by atoms with van der Waals surface area (Å²) in [6.07, 6.45) is 1.73. The van der Waals surface area contributed by atoms with E-state index < -0.39 is 10.0 Å². The van der Waals surface area contributed by atoms with Crippen LogP contribution < -0.4 is 9.47 Å². The van der Waals surface area contributed by atoms with Crippen LogP contribution in [0.3, 0.4) is 0 Å². The Morgan fingerprint density at radius 1 is 1.11 bits per heavy atom. The molecule has 2 aromatic carbocycles. The summed E-state index contributed by atoms with van der Waals surface area (Å²) in [5, 5.41) is 9.12. The highest BCUT2D eigenvalue weighted by Crippen LogP contribution is 2.30. The first kappa shape index (κ1) is 26.2. The maximum absolute atomic E-state index is 13.1. The number of sulfonamides is 1. The Morgan fingerprint density at radius 3 is 2.46 bits per heavy atom. The third-order valence-electron chi connectivity index (χ3n) is 5.79. The number of hydrogen-bond donors (Lipinski definition) is 0. The van der Waals surface area contributed by atoms with E-state index in [0.29, 0.717) is 43.2 Å². The molecule has 0 bridgehead atoms. The molecule has 0 saturated carbocycles. The molecule has 3 rings (SSSR count). The Bertz CT molecular complexity index is 1200. The van der Waals surface area contributed by atoms with Crippen molar-refractivity contribution >= 4 is 15.9 Å². The lowest BCUT2D eigenvalue weighted by Gasteiger charge is -2.35. The van der Waals surface area contributed by atoms with Crippen molar-refractivity contribution < 1.29 is 22.7 Å². The molecule has 1 saturated heterocycles. The van der Waals surface area contributed by atoms with Crippen molar-refractivity contribution in [3.8, 4) is 17.6 Å². The molecule has 0 aromatic heterocycles. The highest BCUT2D eigenvalue weighted by Gasteiger charge is 2.31. The molecule has 35 heavy (non-hydrogen) atoms. The third kappa shape index (κ3) is 6.39. The number of nitrogens with zero attached hydrogens (tertiary/aromatic N) is 4. The third-order valence-corrected chi connectivity index (χ3v) is 7.69. The lowest BCUT2D eigenvalue weighted by atomic mass is 10.1. The molecular weight excluding hydrogens is 468 g/mol. The minimum Gasteiger partial charge on any atom is -0.493 e. The molecule has 1 aliphatic heterocycles. The average Bonchev–Trinajstić information content (AvgIpc) is 2.88. The molecule has 0 atom stereocenters. The second kappa shape index (κ2) is 11.8. The van der Waals surface area contributed by atoms with Gasteiger partial charge in [-0.25, -0.2) is 8.42 Å². The van der Waals surface area contributed by atoms with E-state index >= 15 is 0 Å². The minimum atomic E-state index is -3.74. The van der Waals surface area contributed by atoms with E-state index in [2.05, 4.69) is 12.6 Å². The van der Waals surface area contributed by atoms with E-state index in [0.717, 1.165) is 5.56 Å². The van der Waals surface area contributed by atoms with E-state index in [1.807, 2.05) is 17.0 Å². The number of piperazine rings is 1. The fraction of sp³-hybridized carbons (Fsp3) is 0.360. The van der Waals surface area contributed by atoms with Gasteiger partial charge in [-0.3, -0.25) is 9.69 Å². The molecule has 0 spiro atoms. The Hall–Kier alpha value is -3.39. The second-order valence-corrected chi connectivity index (χ2v) is 10.0. The van der Waals surface area contributed by atoms with Gasteiger partial charge in [0, 0.05) is 45.3 Å². The van der Waals surface area contributed by atoms with Gasteiger partial charge in [0.15, 0.2) is 11.5 Å². The van der Waals surface area contributed by atoms with Crippen LogP contribution in [0, 0.1) is 11.3 Å². The number of ether oxygens (including phenoxy) is 2. The lowest BCUT2D eigenvalue weighted by molar-refractivity contribution is -0.133. The van der Waals surface area contributed by atoms with Gasteiger partial charge in [-0.05, 0) is 29.8 Å². The van der Waals surface area contributed by atoms with Gasteiger partial charge in [-0.15, -0.1) is 6.58 Å². The van der Waals surface area contributed by atoms with E-state index in [1.54, 1.807) is 29.2 Å². The minimum absolute atomic E-state index is 0.0774. The van der Waals surface area contributed by atoms with E-state index in [-0.39, 0.29) is 30.4 Å². The SMILES string of the molecule is C=CCN(CC(=O)N1CCN(S(=O)(=O)c2ccc(OC)c(OC)c2)CC1)Cc1cccc(C#N)c1. The topological polar surface area (TPSA) is 103 Å². The Balaban J connectivity index is 1.62. The molecule has 0 radical (unpaired) electrons. The first-order valence-corrected chi connectivity index (χ1v) is 12.6. The Kier molecular flexibility index (Phi) is 8.87. The largest absolute Gasteiger partial charge is 0.493 e. The fourth-order valence-corrected chi connectivity index (χ4v) is 5.40. The molecule has 0 unspecified atom stereocenters. The average molecular weight is 499 g/mol. The van der Waals surface area contributed by atoms with Crippen molar-refractivity contribution in [2.75, 3.05) is 53.5 Å². The van der Waals surface area contributed by atoms with Crippen molar-refractivity contribution in [2.45, 2.75) is 11.4 Å².